The molecular formula is C13H14Br2O4. The molecule has 104 valence electrons. The molecule has 1 rings (SSSR count). The molecule has 0 aliphatic rings. The number of esters is 2. The van der Waals surface area contributed by atoms with Gasteiger partial charge in [-0.05, 0) is 37.6 Å². The lowest BCUT2D eigenvalue weighted by Crippen LogP contribution is -2.26. The van der Waals surface area contributed by atoms with Gasteiger partial charge in [0.1, 0.15) is 0 Å². The fraction of sp³-hybridized carbons (Fsp3) is 0.385. The van der Waals surface area contributed by atoms with Crippen LogP contribution < -0.4 is 0 Å². The second kappa shape index (κ2) is 7.65. The molecule has 0 atom stereocenters. The standard InChI is InChI=1S/C13H14Br2O4/c1-3-18-12(16)11(13(17)19-4-2)8-5-9(14)7-10(15)6-8/h5-7,11H,3-4H2,1-2H3. The van der Waals surface area contributed by atoms with Crippen LogP contribution >= 0.6 is 31.9 Å². The highest BCUT2D eigenvalue weighted by Gasteiger charge is 2.31. The summed E-state index contributed by atoms with van der Waals surface area (Å²) in [6.45, 7) is 3.81. The number of benzene rings is 1. The maximum Gasteiger partial charge on any atom is 0.324 e. The molecule has 1 aromatic rings. The highest BCUT2D eigenvalue weighted by Crippen LogP contribution is 2.27. The molecule has 0 saturated carbocycles. The van der Waals surface area contributed by atoms with Crippen molar-refractivity contribution in [3.63, 3.8) is 0 Å². The first-order chi connectivity index (χ1) is 8.99. The third kappa shape index (κ3) is 4.62. The first kappa shape index (κ1) is 16.2. The van der Waals surface area contributed by atoms with E-state index < -0.39 is 17.9 Å². The number of carbonyl (C=O) groups excluding carboxylic acids is 2. The number of hydrogen-bond acceptors (Lipinski definition) is 4. The van der Waals surface area contributed by atoms with E-state index in [9.17, 15) is 9.59 Å². The van der Waals surface area contributed by atoms with Crippen LogP contribution in [0.4, 0.5) is 0 Å². The Hall–Kier alpha value is -0.880. The summed E-state index contributed by atoms with van der Waals surface area (Å²) in [4.78, 5) is 23.9. The van der Waals surface area contributed by atoms with Crippen LogP contribution in [0.15, 0.2) is 27.1 Å². The number of halogens is 2. The van der Waals surface area contributed by atoms with Gasteiger partial charge in [0.15, 0.2) is 5.92 Å². The molecular weight excluding hydrogens is 380 g/mol. The molecule has 0 amide bonds. The largest absolute Gasteiger partial charge is 0.465 e. The van der Waals surface area contributed by atoms with E-state index in [0.29, 0.717) is 5.56 Å². The van der Waals surface area contributed by atoms with E-state index in [-0.39, 0.29) is 13.2 Å². The Morgan fingerprint density at radius 3 is 1.79 bits per heavy atom. The summed E-state index contributed by atoms with van der Waals surface area (Å²) in [6.07, 6.45) is 0. The maximum absolute atomic E-state index is 11.9. The minimum atomic E-state index is -1.06. The Bertz CT molecular complexity index is 435. The summed E-state index contributed by atoms with van der Waals surface area (Å²) in [6, 6.07) is 5.21. The highest BCUT2D eigenvalue weighted by molar-refractivity contribution is 9.11. The smallest absolute Gasteiger partial charge is 0.324 e. The van der Waals surface area contributed by atoms with E-state index in [0.717, 1.165) is 8.95 Å². The lowest BCUT2D eigenvalue weighted by atomic mass is 9.99. The Morgan fingerprint density at radius 2 is 1.42 bits per heavy atom. The fourth-order valence-corrected chi connectivity index (χ4v) is 2.89. The molecule has 0 unspecified atom stereocenters. The molecule has 0 heterocycles. The van der Waals surface area contributed by atoms with Crippen LogP contribution in [0, 0.1) is 0 Å². The molecule has 6 heteroatoms. The zero-order valence-electron chi connectivity index (χ0n) is 10.6. The van der Waals surface area contributed by atoms with Gasteiger partial charge >= 0.3 is 11.9 Å². The van der Waals surface area contributed by atoms with Crippen molar-refractivity contribution in [1.82, 2.24) is 0 Å². The minimum absolute atomic E-state index is 0.212. The fourth-order valence-electron chi connectivity index (χ4n) is 1.56. The normalized spacial score (nSPS) is 10.4. The predicted molar refractivity (Wildman–Crippen MR) is 77.8 cm³/mol. The van der Waals surface area contributed by atoms with E-state index in [4.69, 9.17) is 9.47 Å². The van der Waals surface area contributed by atoms with Gasteiger partial charge in [0.2, 0.25) is 0 Å². The van der Waals surface area contributed by atoms with Crippen molar-refractivity contribution in [1.29, 1.82) is 0 Å². The van der Waals surface area contributed by atoms with Crippen LogP contribution in [0.2, 0.25) is 0 Å². The third-order valence-electron chi connectivity index (χ3n) is 2.26. The van der Waals surface area contributed by atoms with Crippen LogP contribution in [0.1, 0.15) is 25.3 Å². The molecule has 4 nitrogen and oxygen atoms in total. The molecule has 0 N–H and O–H groups in total. The van der Waals surface area contributed by atoms with Crippen LogP contribution in [-0.2, 0) is 19.1 Å². The number of rotatable bonds is 5. The Morgan fingerprint density at radius 1 is 1.00 bits per heavy atom. The zero-order valence-corrected chi connectivity index (χ0v) is 13.8. The monoisotopic (exact) mass is 392 g/mol. The van der Waals surface area contributed by atoms with Crippen molar-refractivity contribution >= 4 is 43.8 Å². The van der Waals surface area contributed by atoms with Crippen molar-refractivity contribution in [2.75, 3.05) is 13.2 Å². The third-order valence-corrected chi connectivity index (χ3v) is 3.18. The van der Waals surface area contributed by atoms with Crippen molar-refractivity contribution < 1.29 is 19.1 Å². The first-order valence-electron chi connectivity index (χ1n) is 5.78. The SMILES string of the molecule is CCOC(=O)C(C(=O)OCC)c1cc(Br)cc(Br)c1. The number of hydrogen-bond donors (Lipinski definition) is 0. The molecule has 0 radical (unpaired) electrons. The number of carbonyl (C=O) groups is 2. The van der Waals surface area contributed by atoms with E-state index in [1.54, 1.807) is 26.0 Å². The van der Waals surface area contributed by atoms with Crippen LogP contribution in [-0.4, -0.2) is 25.2 Å². The topological polar surface area (TPSA) is 52.6 Å². The average molecular weight is 394 g/mol. The van der Waals surface area contributed by atoms with Crippen molar-refractivity contribution in [2.45, 2.75) is 19.8 Å². The van der Waals surface area contributed by atoms with Gasteiger partial charge < -0.3 is 9.47 Å². The van der Waals surface area contributed by atoms with Crippen molar-refractivity contribution in [3.05, 3.63) is 32.7 Å². The highest BCUT2D eigenvalue weighted by atomic mass is 79.9. The lowest BCUT2D eigenvalue weighted by Gasteiger charge is -2.15. The summed E-state index contributed by atoms with van der Waals surface area (Å²) in [5.41, 5.74) is 0.526. The Labute approximate surface area is 128 Å². The molecule has 0 aromatic heterocycles. The molecule has 0 aliphatic carbocycles. The molecule has 0 bridgehead atoms. The second-order valence-electron chi connectivity index (χ2n) is 3.64. The number of ether oxygens (including phenoxy) is 2. The molecule has 19 heavy (non-hydrogen) atoms. The molecule has 1 aromatic carbocycles. The van der Waals surface area contributed by atoms with Gasteiger partial charge in [-0.1, -0.05) is 31.9 Å². The Balaban J connectivity index is 3.14. The molecule has 0 aliphatic heterocycles. The van der Waals surface area contributed by atoms with E-state index in [2.05, 4.69) is 31.9 Å². The Kier molecular flexibility index (Phi) is 6.51. The molecule has 0 spiro atoms. The van der Waals surface area contributed by atoms with Crippen LogP contribution in [0.25, 0.3) is 0 Å². The second-order valence-corrected chi connectivity index (χ2v) is 5.47. The summed E-state index contributed by atoms with van der Waals surface area (Å²) in [7, 11) is 0. The average Bonchev–Trinajstić information content (AvgIpc) is 2.28. The van der Waals surface area contributed by atoms with Gasteiger partial charge in [0.05, 0.1) is 13.2 Å². The van der Waals surface area contributed by atoms with Gasteiger partial charge in [-0.15, -0.1) is 0 Å². The van der Waals surface area contributed by atoms with Gasteiger partial charge in [-0.3, -0.25) is 9.59 Å². The summed E-state index contributed by atoms with van der Waals surface area (Å²) in [5, 5.41) is 0. The summed E-state index contributed by atoms with van der Waals surface area (Å²) < 4.78 is 11.4. The van der Waals surface area contributed by atoms with Gasteiger partial charge in [-0.2, -0.15) is 0 Å². The molecule has 0 fully saturated rings. The van der Waals surface area contributed by atoms with Gasteiger partial charge in [-0.25, -0.2) is 0 Å². The quantitative estimate of drug-likeness (QED) is 0.568. The van der Waals surface area contributed by atoms with Crippen molar-refractivity contribution in [3.8, 4) is 0 Å². The first-order valence-corrected chi connectivity index (χ1v) is 7.37. The van der Waals surface area contributed by atoms with E-state index >= 15 is 0 Å². The van der Waals surface area contributed by atoms with E-state index in [1.165, 1.54) is 0 Å². The minimum Gasteiger partial charge on any atom is -0.465 e. The van der Waals surface area contributed by atoms with Gasteiger partial charge in [0, 0.05) is 8.95 Å². The predicted octanol–water partition coefficient (Wildman–Crippen LogP) is 3.42. The zero-order chi connectivity index (χ0) is 14.4. The van der Waals surface area contributed by atoms with E-state index in [1.807, 2.05) is 6.07 Å². The van der Waals surface area contributed by atoms with Crippen molar-refractivity contribution in [2.24, 2.45) is 0 Å². The molecule has 0 saturated heterocycles. The van der Waals surface area contributed by atoms with Gasteiger partial charge in [0.25, 0.3) is 0 Å². The summed E-state index contributed by atoms with van der Waals surface area (Å²) in [5.74, 6) is -2.27. The lowest BCUT2D eigenvalue weighted by molar-refractivity contribution is -0.156. The van der Waals surface area contributed by atoms with Crippen LogP contribution in [0.5, 0.6) is 0 Å². The maximum atomic E-state index is 11.9. The van der Waals surface area contributed by atoms with Crippen LogP contribution in [0.3, 0.4) is 0 Å². The summed E-state index contributed by atoms with van der Waals surface area (Å²) >= 11 is 6.65.